The van der Waals surface area contributed by atoms with Crippen LogP contribution in [-0.4, -0.2) is 23.5 Å². The van der Waals surface area contributed by atoms with Crippen molar-refractivity contribution < 1.29 is 0 Å². The van der Waals surface area contributed by atoms with Gasteiger partial charge in [-0.15, -0.1) is 0 Å². The molecule has 3 fully saturated rings. The third-order valence-electron chi connectivity index (χ3n) is 3.43. The van der Waals surface area contributed by atoms with Crippen molar-refractivity contribution in [1.29, 1.82) is 0 Å². The molecule has 12 heavy (non-hydrogen) atoms. The summed E-state index contributed by atoms with van der Waals surface area (Å²) in [5, 5.41) is 0. The fraction of sp³-hybridized carbons (Fsp3) is 1.00. The molecule has 0 aromatic carbocycles. The molecule has 0 radical (unpaired) electrons. The van der Waals surface area contributed by atoms with Crippen molar-refractivity contribution in [2.24, 2.45) is 11.8 Å². The number of fused-ring (bicyclic) bond motifs is 1. The van der Waals surface area contributed by atoms with E-state index in [1.54, 1.807) is 0 Å². The van der Waals surface area contributed by atoms with Gasteiger partial charge in [-0.2, -0.15) is 0 Å². The van der Waals surface area contributed by atoms with Gasteiger partial charge in [0.1, 0.15) is 0 Å². The van der Waals surface area contributed by atoms with Gasteiger partial charge in [0.2, 0.25) is 0 Å². The van der Waals surface area contributed by atoms with Gasteiger partial charge in [0.15, 0.2) is 0 Å². The Hall–Kier alpha value is -0.0400. The van der Waals surface area contributed by atoms with Gasteiger partial charge in [0.05, 0.1) is 0 Å². The lowest BCUT2D eigenvalue weighted by molar-refractivity contribution is 0.148. The molecule has 1 aliphatic carbocycles. The van der Waals surface area contributed by atoms with Crippen LogP contribution in [0.3, 0.4) is 0 Å². The second kappa shape index (κ2) is 3.78. The molecule has 3 atom stereocenters. The van der Waals surface area contributed by atoms with E-state index in [0.29, 0.717) is 0 Å². The Bertz CT molecular complexity index is 142. The second-order valence-electron chi connectivity index (χ2n) is 4.21. The Morgan fingerprint density at radius 2 is 1.83 bits per heavy atom. The third-order valence-corrected chi connectivity index (χ3v) is 3.43. The molecular formula is C11H23N. The highest BCUT2D eigenvalue weighted by Crippen LogP contribution is 2.46. The predicted molar refractivity (Wildman–Crippen MR) is 54.2 cm³/mol. The summed E-state index contributed by atoms with van der Waals surface area (Å²) in [5.41, 5.74) is 0. The van der Waals surface area contributed by atoms with Crippen LogP contribution in [0.15, 0.2) is 0 Å². The first-order valence-corrected chi connectivity index (χ1v) is 5.46. The number of nitrogens with zero attached hydrogens (tertiary/aromatic N) is 1. The maximum absolute atomic E-state index is 2.66. The summed E-state index contributed by atoms with van der Waals surface area (Å²) in [6, 6.07) is 1.73. The molecule has 1 heteroatoms. The first kappa shape index (κ1) is 10.0. The van der Waals surface area contributed by atoms with Crippen molar-refractivity contribution >= 4 is 0 Å². The summed E-state index contributed by atoms with van der Waals surface area (Å²) >= 11 is 0. The lowest BCUT2D eigenvalue weighted by Gasteiger charge is -2.35. The minimum absolute atomic E-state index is 0.778. The monoisotopic (exact) mass is 169 g/mol. The molecule has 2 aliphatic heterocycles. The summed E-state index contributed by atoms with van der Waals surface area (Å²) in [6.07, 6.45) is 1.49. The van der Waals surface area contributed by atoms with Crippen LogP contribution in [0.4, 0.5) is 0 Å². The van der Waals surface area contributed by atoms with Crippen LogP contribution in [0, 0.1) is 11.8 Å². The van der Waals surface area contributed by atoms with Crippen LogP contribution in [0.25, 0.3) is 0 Å². The first-order valence-electron chi connectivity index (χ1n) is 5.46. The lowest BCUT2D eigenvalue weighted by atomic mass is 9.75. The van der Waals surface area contributed by atoms with Gasteiger partial charge in [-0.3, -0.25) is 4.90 Å². The zero-order valence-corrected chi connectivity index (χ0v) is 9.17. The van der Waals surface area contributed by atoms with Crippen molar-refractivity contribution in [3.8, 4) is 0 Å². The first-order chi connectivity index (χ1) is 5.70. The SMILES string of the molecule is CC.CC1C2CC1N(C(C)C)C2. The van der Waals surface area contributed by atoms with E-state index in [2.05, 4.69) is 25.7 Å². The molecule has 3 unspecified atom stereocenters. The molecule has 3 aliphatic rings. The molecule has 0 spiro atoms. The molecule has 2 heterocycles. The van der Waals surface area contributed by atoms with Gasteiger partial charge >= 0.3 is 0 Å². The zero-order chi connectivity index (χ0) is 9.30. The van der Waals surface area contributed by atoms with E-state index in [9.17, 15) is 0 Å². The number of rotatable bonds is 1. The van der Waals surface area contributed by atoms with Gasteiger partial charge < -0.3 is 0 Å². The molecule has 0 aromatic rings. The average Bonchev–Trinajstić information content (AvgIpc) is 2.63. The van der Waals surface area contributed by atoms with Crippen LogP contribution in [0.1, 0.15) is 41.0 Å². The van der Waals surface area contributed by atoms with Gasteiger partial charge in [0.25, 0.3) is 0 Å². The molecular weight excluding hydrogens is 146 g/mol. The van der Waals surface area contributed by atoms with Crippen molar-refractivity contribution in [3.05, 3.63) is 0 Å². The lowest BCUT2D eigenvalue weighted by Crippen LogP contribution is -2.39. The summed E-state index contributed by atoms with van der Waals surface area (Å²) < 4.78 is 0. The van der Waals surface area contributed by atoms with E-state index in [1.165, 1.54) is 13.0 Å². The number of hydrogen-bond acceptors (Lipinski definition) is 1. The quantitative estimate of drug-likeness (QED) is 0.583. The van der Waals surface area contributed by atoms with E-state index >= 15 is 0 Å². The molecule has 2 saturated heterocycles. The minimum Gasteiger partial charge on any atom is -0.297 e. The van der Waals surface area contributed by atoms with E-state index < -0.39 is 0 Å². The highest BCUT2D eigenvalue weighted by atomic mass is 15.2. The van der Waals surface area contributed by atoms with E-state index in [-0.39, 0.29) is 0 Å². The molecule has 0 N–H and O–H groups in total. The average molecular weight is 169 g/mol. The van der Waals surface area contributed by atoms with Crippen molar-refractivity contribution in [3.63, 3.8) is 0 Å². The van der Waals surface area contributed by atoms with Crippen LogP contribution in [0.2, 0.25) is 0 Å². The topological polar surface area (TPSA) is 3.24 Å². The largest absolute Gasteiger partial charge is 0.297 e. The Balaban J connectivity index is 0.000000336. The fourth-order valence-electron chi connectivity index (χ4n) is 2.54. The van der Waals surface area contributed by atoms with Crippen molar-refractivity contribution in [2.75, 3.05) is 6.54 Å². The highest BCUT2D eigenvalue weighted by molar-refractivity contribution is 5.02. The van der Waals surface area contributed by atoms with Gasteiger partial charge in [-0.1, -0.05) is 20.8 Å². The van der Waals surface area contributed by atoms with E-state index in [1.807, 2.05) is 13.8 Å². The Labute approximate surface area is 77.1 Å². The summed E-state index contributed by atoms with van der Waals surface area (Å²) in [4.78, 5) is 2.66. The standard InChI is InChI=1S/C9H17N.C2H6/c1-6(2)10-5-8-4-9(10)7(8)3;1-2/h6-9H,4-5H2,1-3H3;1-2H3. The van der Waals surface area contributed by atoms with Gasteiger partial charge in [-0.25, -0.2) is 0 Å². The van der Waals surface area contributed by atoms with Crippen LogP contribution in [-0.2, 0) is 0 Å². The molecule has 0 aromatic heterocycles. The molecule has 1 nitrogen and oxygen atoms in total. The van der Waals surface area contributed by atoms with Crippen molar-refractivity contribution in [1.82, 2.24) is 4.90 Å². The third kappa shape index (κ3) is 1.39. The van der Waals surface area contributed by atoms with Crippen LogP contribution >= 0.6 is 0 Å². The second-order valence-corrected chi connectivity index (χ2v) is 4.21. The maximum Gasteiger partial charge on any atom is 0.0130 e. The van der Waals surface area contributed by atoms with Gasteiger partial charge in [-0.05, 0) is 32.1 Å². The Kier molecular flexibility index (Phi) is 3.16. The summed E-state index contributed by atoms with van der Waals surface area (Å²) in [5.74, 6) is 2.05. The van der Waals surface area contributed by atoms with Gasteiger partial charge in [0, 0.05) is 18.6 Å². The fourth-order valence-corrected chi connectivity index (χ4v) is 2.54. The molecule has 72 valence electrons. The molecule has 3 rings (SSSR count). The highest BCUT2D eigenvalue weighted by Gasteiger charge is 2.49. The smallest absolute Gasteiger partial charge is 0.0130 e. The Morgan fingerprint density at radius 3 is 2.00 bits per heavy atom. The minimum atomic E-state index is 0.778. The normalized spacial score (nSPS) is 39.0. The maximum atomic E-state index is 2.66. The molecule has 2 bridgehead atoms. The summed E-state index contributed by atoms with van der Waals surface area (Å²) in [7, 11) is 0. The van der Waals surface area contributed by atoms with Crippen molar-refractivity contribution in [2.45, 2.75) is 53.1 Å². The Morgan fingerprint density at radius 1 is 1.25 bits per heavy atom. The summed E-state index contributed by atoms with van der Waals surface area (Å²) in [6.45, 7) is 12.4. The van der Waals surface area contributed by atoms with E-state index in [0.717, 1.165) is 23.9 Å². The molecule has 1 saturated carbocycles. The van der Waals surface area contributed by atoms with E-state index in [4.69, 9.17) is 0 Å². The predicted octanol–water partition coefficient (Wildman–Crippen LogP) is 2.76. The molecule has 0 amide bonds. The zero-order valence-electron chi connectivity index (χ0n) is 9.17. The van der Waals surface area contributed by atoms with Crippen LogP contribution < -0.4 is 0 Å². The van der Waals surface area contributed by atoms with Crippen LogP contribution in [0.5, 0.6) is 0 Å². The number of hydrogen-bond donors (Lipinski definition) is 0.